The summed E-state index contributed by atoms with van der Waals surface area (Å²) in [6.45, 7) is 21.0. The molecule has 2 aliphatic heterocycles. The van der Waals surface area contributed by atoms with E-state index in [2.05, 4.69) is 78.5 Å². The minimum absolute atomic E-state index is 0.0291. The number of allylic oxidation sites excluding steroid dienone is 4. The summed E-state index contributed by atoms with van der Waals surface area (Å²) < 4.78 is 20.5. The van der Waals surface area contributed by atoms with E-state index >= 15 is 0 Å². The summed E-state index contributed by atoms with van der Waals surface area (Å²) in [5.74, 6) is -1.12. The summed E-state index contributed by atoms with van der Waals surface area (Å²) in [5.41, 5.74) is 6.68. The molecule has 1 aliphatic carbocycles. The third-order valence-electron chi connectivity index (χ3n) is 12.6. The fraction of sp³-hybridized carbons (Fsp3) is 0.558. The topological polar surface area (TPSA) is 173 Å². The summed E-state index contributed by atoms with van der Waals surface area (Å²) in [6.07, 6.45) is 7.46. The van der Waals surface area contributed by atoms with Crippen molar-refractivity contribution < 1.29 is 48.0 Å². The van der Waals surface area contributed by atoms with Crippen LogP contribution in [0.2, 0.25) is 0 Å². The Hall–Kier alpha value is -5.47. The molecular weight excluding hydrogens is 841 g/mol. The van der Waals surface area contributed by atoms with Gasteiger partial charge in [-0.3, -0.25) is 33.8 Å². The van der Waals surface area contributed by atoms with E-state index < -0.39 is 10.8 Å². The Balaban J connectivity index is 1.26. The first-order valence-electron chi connectivity index (χ1n) is 23.8. The number of hydrogen-bond acceptors (Lipinski definition) is 14. The van der Waals surface area contributed by atoms with Gasteiger partial charge in [-0.25, -0.2) is 0 Å². The summed E-state index contributed by atoms with van der Waals surface area (Å²) in [6, 6.07) is 12.3. The minimum atomic E-state index is -0.497. The average molecular weight is 913 g/mol. The molecule has 0 fully saturated rings. The number of nitrogens with one attached hydrogen (secondary N) is 2. The van der Waals surface area contributed by atoms with E-state index in [4.69, 9.17) is 18.9 Å². The molecular formula is C52H72N4O10. The Morgan fingerprint density at radius 3 is 1.50 bits per heavy atom. The molecule has 0 amide bonds. The number of carbonyl (C=O) groups is 5. The summed E-state index contributed by atoms with van der Waals surface area (Å²) >= 11 is 0. The van der Waals surface area contributed by atoms with Gasteiger partial charge in [0.25, 0.3) is 0 Å². The van der Waals surface area contributed by atoms with Crippen LogP contribution in [-0.2, 0) is 66.8 Å². The number of ether oxygens (including phenoxy) is 4. The number of esters is 4. The maximum atomic E-state index is 13.8. The fourth-order valence-electron chi connectivity index (χ4n) is 8.91. The molecule has 2 aromatic carbocycles. The highest BCUT2D eigenvalue weighted by Crippen LogP contribution is 2.47. The molecule has 0 saturated heterocycles. The van der Waals surface area contributed by atoms with Crippen LogP contribution in [0.3, 0.4) is 0 Å². The number of ketones is 1. The van der Waals surface area contributed by atoms with E-state index in [-0.39, 0.29) is 52.6 Å². The Morgan fingerprint density at radius 2 is 1.08 bits per heavy atom. The minimum Gasteiger partial charge on any atom is -0.506 e. The molecule has 5 rings (SSSR count). The van der Waals surface area contributed by atoms with Gasteiger partial charge < -0.3 is 34.7 Å². The Morgan fingerprint density at radius 1 is 0.652 bits per heavy atom. The number of benzene rings is 2. The third kappa shape index (κ3) is 13.3. The van der Waals surface area contributed by atoms with E-state index in [1.807, 2.05) is 12.1 Å². The zero-order chi connectivity index (χ0) is 48.0. The zero-order valence-corrected chi connectivity index (χ0v) is 40.4. The van der Waals surface area contributed by atoms with E-state index in [9.17, 15) is 29.1 Å². The smallest absolute Gasteiger partial charge is 0.305 e. The predicted molar refractivity (Wildman–Crippen MR) is 255 cm³/mol. The normalized spacial score (nSPS) is 17.9. The predicted octanol–water partition coefficient (Wildman–Crippen LogP) is 8.34. The monoisotopic (exact) mass is 913 g/mol. The van der Waals surface area contributed by atoms with Crippen molar-refractivity contribution in [2.75, 3.05) is 63.2 Å². The Labute approximate surface area is 391 Å². The molecule has 1 atom stereocenters. The second kappa shape index (κ2) is 23.8. The van der Waals surface area contributed by atoms with Gasteiger partial charge in [-0.05, 0) is 126 Å². The van der Waals surface area contributed by atoms with Gasteiger partial charge in [-0.15, -0.1) is 0 Å². The summed E-state index contributed by atoms with van der Waals surface area (Å²) in [5, 5.41) is 18.5. The van der Waals surface area contributed by atoms with E-state index in [1.165, 1.54) is 0 Å². The lowest BCUT2D eigenvalue weighted by atomic mass is 9.76. The summed E-state index contributed by atoms with van der Waals surface area (Å²) in [4.78, 5) is 66.5. The lowest BCUT2D eigenvalue weighted by Gasteiger charge is -2.29. The molecule has 14 nitrogen and oxygen atoms in total. The van der Waals surface area contributed by atoms with Gasteiger partial charge in [-0.2, -0.15) is 0 Å². The van der Waals surface area contributed by atoms with Gasteiger partial charge in [-0.1, -0.05) is 52.0 Å². The van der Waals surface area contributed by atoms with Crippen LogP contribution in [0.1, 0.15) is 129 Å². The van der Waals surface area contributed by atoms with Gasteiger partial charge in [0.2, 0.25) is 0 Å². The lowest BCUT2D eigenvalue weighted by Crippen LogP contribution is -2.34. The lowest BCUT2D eigenvalue weighted by molar-refractivity contribution is -0.144. The molecule has 66 heavy (non-hydrogen) atoms. The van der Waals surface area contributed by atoms with Crippen LogP contribution in [-0.4, -0.2) is 103 Å². The maximum Gasteiger partial charge on any atom is 0.305 e. The molecule has 2 aromatic rings. The number of hydrogen-bond donors (Lipinski definition) is 3. The van der Waals surface area contributed by atoms with Gasteiger partial charge in [0.05, 0.1) is 43.6 Å². The van der Waals surface area contributed by atoms with Crippen LogP contribution in [0.25, 0.3) is 0 Å². The second-order valence-corrected chi connectivity index (χ2v) is 18.3. The van der Waals surface area contributed by atoms with Crippen LogP contribution in [0.15, 0.2) is 71.2 Å². The number of nitrogens with zero attached hydrogens (tertiary/aromatic N) is 2. The number of aliphatic hydroxyl groups excluding tert-OH is 1. The molecule has 0 bridgehead atoms. The SMILES string of the molecule is CCOC(=O)CCCN(CCCC(=O)OCC)Cc1ccc2c(c1)C(C)(C)C(=CC1=C(O)C(=CC3Nc4ccc(CN(CCCC(=O)OCC)CCCC(=O)OCC)cc4C3(C)C)C1=O)N2. The first-order valence-corrected chi connectivity index (χ1v) is 23.8. The van der Waals surface area contributed by atoms with Gasteiger partial charge >= 0.3 is 23.9 Å². The molecule has 0 spiro atoms. The fourth-order valence-corrected chi connectivity index (χ4v) is 8.91. The molecule has 360 valence electrons. The molecule has 3 aliphatic rings. The molecule has 0 aromatic heterocycles. The number of Topliss-reactive ketones (excluding diaryl/α,β-unsaturated/α-hetero) is 1. The Kier molecular flexibility index (Phi) is 18.6. The number of anilines is 2. The third-order valence-corrected chi connectivity index (χ3v) is 12.6. The molecule has 3 N–H and O–H groups in total. The molecule has 0 saturated carbocycles. The van der Waals surface area contributed by atoms with Crippen molar-refractivity contribution in [3.8, 4) is 0 Å². The number of rotatable bonds is 26. The maximum absolute atomic E-state index is 13.8. The summed E-state index contributed by atoms with van der Waals surface area (Å²) in [7, 11) is 0. The van der Waals surface area contributed by atoms with Gasteiger partial charge in [0.15, 0.2) is 5.78 Å². The zero-order valence-electron chi connectivity index (χ0n) is 40.4. The first kappa shape index (κ1) is 51.5. The van der Waals surface area contributed by atoms with Crippen LogP contribution in [0.4, 0.5) is 11.4 Å². The molecule has 1 unspecified atom stereocenters. The van der Waals surface area contributed by atoms with Crippen molar-refractivity contribution in [3.05, 3.63) is 93.4 Å². The van der Waals surface area contributed by atoms with Crippen LogP contribution < -0.4 is 10.6 Å². The van der Waals surface area contributed by atoms with E-state index in [1.54, 1.807) is 33.8 Å². The van der Waals surface area contributed by atoms with Crippen molar-refractivity contribution in [1.29, 1.82) is 0 Å². The average Bonchev–Trinajstić information content (AvgIpc) is 3.67. The highest BCUT2D eigenvalue weighted by molar-refractivity contribution is 6.21. The molecule has 2 heterocycles. The second-order valence-electron chi connectivity index (χ2n) is 18.3. The number of fused-ring (bicyclic) bond motifs is 2. The number of carbonyl (C=O) groups excluding carboxylic acids is 5. The van der Waals surface area contributed by atoms with Crippen LogP contribution in [0.5, 0.6) is 0 Å². The largest absolute Gasteiger partial charge is 0.506 e. The molecule has 0 radical (unpaired) electrons. The van der Waals surface area contributed by atoms with Crippen LogP contribution >= 0.6 is 0 Å². The van der Waals surface area contributed by atoms with Gasteiger partial charge in [0.1, 0.15) is 5.76 Å². The standard InChI is InChI=1S/C52H72N4O10/c1-9-63-45(57)17-13-25-55(26-14-18-46(58)64-10-2)33-35-21-23-41-39(29-35)51(5,6)43(53-41)31-37-49(61)38(50(37)62)32-44-52(7,8)40-30-36(22-24-42(40)54-44)34-56(27-15-19-47(59)65-11-3)28-16-20-48(60)66-12-4/h21-24,29-32,43,53-54,61H,9-20,25-28,33-34H2,1-8H3. The highest BCUT2D eigenvalue weighted by Gasteiger charge is 2.43. The van der Waals surface area contributed by atoms with E-state index in [0.29, 0.717) is 117 Å². The van der Waals surface area contributed by atoms with Crippen LogP contribution in [0, 0.1) is 0 Å². The Bertz CT molecular complexity index is 2120. The van der Waals surface area contributed by atoms with Crippen molar-refractivity contribution in [3.63, 3.8) is 0 Å². The number of aliphatic hydroxyl groups is 1. The molecule has 14 heteroatoms. The van der Waals surface area contributed by atoms with E-state index in [0.717, 1.165) is 39.3 Å². The first-order chi connectivity index (χ1) is 31.5. The van der Waals surface area contributed by atoms with Crippen molar-refractivity contribution in [2.24, 2.45) is 0 Å². The van der Waals surface area contributed by atoms with Crippen molar-refractivity contribution in [1.82, 2.24) is 9.80 Å². The quantitative estimate of drug-likeness (QED) is 0.0467. The highest BCUT2D eigenvalue weighted by atomic mass is 16.5. The van der Waals surface area contributed by atoms with Gasteiger partial charge in [0, 0.05) is 66.7 Å². The van der Waals surface area contributed by atoms with Crippen molar-refractivity contribution in [2.45, 2.75) is 137 Å². The van der Waals surface area contributed by atoms with Crippen molar-refractivity contribution >= 4 is 41.0 Å².